The standard InChI is InChI=1S/C20H19F2N3O2/c21-16-8-15(9-17(22)10-16)20(3-4-20)24-19(27)14-7-18(26)25(12-14)11-13-1-5-23-6-2-13/h1-2,5-6,8-10,14H,3-4,7,11-12H2,(H,24,27)/t14-/m0/s1. The van der Waals surface area contributed by atoms with Crippen molar-refractivity contribution in [2.75, 3.05) is 6.54 Å². The quantitative estimate of drug-likeness (QED) is 0.879. The number of nitrogens with one attached hydrogen (secondary N) is 1. The van der Waals surface area contributed by atoms with Gasteiger partial charge >= 0.3 is 0 Å². The highest BCUT2D eigenvalue weighted by molar-refractivity contribution is 5.89. The van der Waals surface area contributed by atoms with Gasteiger partial charge in [0.2, 0.25) is 11.8 Å². The summed E-state index contributed by atoms with van der Waals surface area (Å²) in [5.74, 6) is -2.11. The molecule has 2 heterocycles. The first kappa shape index (κ1) is 17.6. The molecule has 1 N–H and O–H groups in total. The molecular weight excluding hydrogens is 352 g/mol. The van der Waals surface area contributed by atoms with Crippen LogP contribution in [0.15, 0.2) is 42.7 Å². The molecule has 7 heteroatoms. The van der Waals surface area contributed by atoms with Gasteiger partial charge in [-0.1, -0.05) is 0 Å². The molecule has 5 nitrogen and oxygen atoms in total. The molecule has 1 aromatic heterocycles. The number of pyridine rings is 1. The number of carbonyl (C=O) groups is 2. The minimum absolute atomic E-state index is 0.0754. The summed E-state index contributed by atoms with van der Waals surface area (Å²) in [4.78, 5) is 30.6. The molecule has 0 unspecified atom stereocenters. The summed E-state index contributed by atoms with van der Waals surface area (Å²) in [6.07, 6.45) is 4.72. The van der Waals surface area contributed by atoms with Crippen LogP contribution in [0, 0.1) is 17.6 Å². The predicted octanol–water partition coefficient (Wildman–Crippen LogP) is 2.51. The molecule has 0 bridgehead atoms. The van der Waals surface area contributed by atoms with Gasteiger partial charge in [0.1, 0.15) is 11.6 Å². The minimum Gasteiger partial charge on any atom is -0.346 e. The van der Waals surface area contributed by atoms with Gasteiger partial charge < -0.3 is 10.2 Å². The van der Waals surface area contributed by atoms with Crippen LogP contribution in [0.3, 0.4) is 0 Å². The number of hydrogen-bond acceptors (Lipinski definition) is 3. The zero-order chi connectivity index (χ0) is 19.0. The zero-order valence-electron chi connectivity index (χ0n) is 14.6. The predicted molar refractivity (Wildman–Crippen MR) is 93.2 cm³/mol. The molecule has 2 aromatic rings. The van der Waals surface area contributed by atoms with Crippen LogP contribution < -0.4 is 5.32 Å². The van der Waals surface area contributed by atoms with Crippen molar-refractivity contribution >= 4 is 11.8 Å². The Morgan fingerprint density at radius 1 is 1.19 bits per heavy atom. The first-order valence-corrected chi connectivity index (χ1v) is 8.90. The van der Waals surface area contributed by atoms with Crippen molar-refractivity contribution in [3.05, 3.63) is 65.5 Å². The van der Waals surface area contributed by atoms with Crippen molar-refractivity contribution in [2.45, 2.75) is 31.3 Å². The van der Waals surface area contributed by atoms with Crippen LogP contribution in [0.2, 0.25) is 0 Å². The molecule has 1 atom stereocenters. The molecule has 2 fully saturated rings. The lowest BCUT2D eigenvalue weighted by Gasteiger charge is -2.21. The van der Waals surface area contributed by atoms with Crippen molar-refractivity contribution in [3.8, 4) is 0 Å². The van der Waals surface area contributed by atoms with Gasteiger partial charge in [0.15, 0.2) is 0 Å². The second-order valence-electron chi connectivity index (χ2n) is 7.26. The second-order valence-corrected chi connectivity index (χ2v) is 7.26. The van der Waals surface area contributed by atoms with Gasteiger partial charge in [0.05, 0.1) is 11.5 Å². The highest BCUT2D eigenvalue weighted by Crippen LogP contribution is 2.46. The van der Waals surface area contributed by atoms with E-state index in [0.717, 1.165) is 11.6 Å². The third-order valence-corrected chi connectivity index (χ3v) is 5.24. The third kappa shape index (κ3) is 3.67. The molecule has 4 rings (SSSR count). The summed E-state index contributed by atoms with van der Waals surface area (Å²) in [6.45, 7) is 0.770. The Kier molecular flexibility index (Phi) is 4.37. The number of halogens is 2. The summed E-state index contributed by atoms with van der Waals surface area (Å²) in [5.41, 5.74) is 0.668. The van der Waals surface area contributed by atoms with E-state index in [9.17, 15) is 18.4 Å². The minimum atomic E-state index is -0.721. The maximum absolute atomic E-state index is 13.5. The number of hydrogen-bond donors (Lipinski definition) is 1. The van der Waals surface area contributed by atoms with Crippen LogP contribution in [-0.4, -0.2) is 28.2 Å². The Hall–Kier alpha value is -2.83. The second kappa shape index (κ2) is 6.72. The van der Waals surface area contributed by atoms with Gasteiger partial charge in [-0.2, -0.15) is 0 Å². The monoisotopic (exact) mass is 371 g/mol. The van der Waals surface area contributed by atoms with E-state index in [1.165, 1.54) is 12.1 Å². The van der Waals surface area contributed by atoms with Gasteiger partial charge in [0.25, 0.3) is 0 Å². The van der Waals surface area contributed by atoms with Crippen molar-refractivity contribution in [1.29, 1.82) is 0 Å². The summed E-state index contributed by atoms with van der Waals surface area (Å²) >= 11 is 0. The number of likely N-dealkylation sites (tertiary alicyclic amines) is 1. The Morgan fingerprint density at radius 3 is 2.48 bits per heavy atom. The molecule has 27 heavy (non-hydrogen) atoms. The highest BCUT2D eigenvalue weighted by Gasteiger charge is 2.48. The number of amides is 2. The first-order chi connectivity index (χ1) is 12.9. The lowest BCUT2D eigenvalue weighted by molar-refractivity contribution is -0.129. The van der Waals surface area contributed by atoms with E-state index in [-0.39, 0.29) is 18.2 Å². The van der Waals surface area contributed by atoms with Crippen LogP contribution in [-0.2, 0) is 21.7 Å². The van der Waals surface area contributed by atoms with E-state index in [1.54, 1.807) is 17.3 Å². The fourth-order valence-corrected chi connectivity index (χ4v) is 3.59. The van der Waals surface area contributed by atoms with E-state index in [1.807, 2.05) is 12.1 Å². The van der Waals surface area contributed by atoms with Gasteiger partial charge in [-0.3, -0.25) is 14.6 Å². The number of carbonyl (C=O) groups excluding carboxylic acids is 2. The molecular formula is C20H19F2N3O2. The number of rotatable bonds is 5. The molecule has 140 valence electrons. The van der Waals surface area contributed by atoms with Gasteiger partial charge in [-0.05, 0) is 48.2 Å². The first-order valence-electron chi connectivity index (χ1n) is 8.90. The van der Waals surface area contributed by atoms with Gasteiger partial charge in [0, 0.05) is 38.0 Å². The molecule has 1 saturated carbocycles. The maximum Gasteiger partial charge on any atom is 0.226 e. The Labute approximate surface area is 155 Å². The van der Waals surface area contributed by atoms with Crippen molar-refractivity contribution in [1.82, 2.24) is 15.2 Å². The Morgan fingerprint density at radius 2 is 1.85 bits per heavy atom. The fourth-order valence-electron chi connectivity index (χ4n) is 3.59. The number of benzene rings is 1. The van der Waals surface area contributed by atoms with E-state index < -0.39 is 23.1 Å². The average molecular weight is 371 g/mol. The van der Waals surface area contributed by atoms with Gasteiger partial charge in [-0.25, -0.2) is 8.78 Å². The Balaban J connectivity index is 1.42. The smallest absolute Gasteiger partial charge is 0.226 e. The van der Waals surface area contributed by atoms with Crippen LogP contribution in [0.1, 0.15) is 30.4 Å². The molecule has 0 spiro atoms. The summed E-state index contributed by atoms with van der Waals surface area (Å²) in [7, 11) is 0. The summed E-state index contributed by atoms with van der Waals surface area (Å²) in [5, 5.41) is 2.92. The lowest BCUT2D eigenvalue weighted by atomic mass is 10.0. The number of aromatic nitrogens is 1. The average Bonchev–Trinajstić information content (AvgIpc) is 3.32. The van der Waals surface area contributed by atoms with Gasteiger partial charge in [-0.15, -0.1) is 0 Å². The van der Waals surface area contributed by atoms with Crippen LogP contribution >= 0.6 is 0 Å². The largest absolute Gasteiger partial charge is 0.346 e. The normalized spacial score (nSPS) is 20.6. The van der Waals surface area contributed by atoms with E-state index >= 15 is 0 Å². The van der Waals surface area contributed by atoms with Crippen molar-refractivity contribution in [2.24, 2.45) is 5.92 Å². The van der Waals surface area contributed by atoms with Crippen molar-refractivity contribution in [3.63, 3.8) is 0 Å². The Bertz CT molecular complexity index is 864. The van der Waals surface area contributed by atoms with Crippen LogP contribution in [0.5, 0.6) is 0 Å². The zero-order valence-corrected chi connectivity index (χ0v) is 14.6. The SMILES string of the molecule is O=C(NC1(c2cc(F)cc(F)c2)CC1)[C@H]1CC(=O)N(Cc2ccncc2)C1. The number of nitrogens with zero attached hydrogens (tertiary/aromatic N) is 2. The molecule has 1 aliphatic carbocycles. The highest BCUT2D eigenvalue weighted by atomic mass is 19.1. The summed E-state index contributed by atoms with van der Waals surface area (Å²) < 4.78 is 27.1. The fraction of sp³-hybridized carbons (Fsp3) is 0.350. The third-order valence-electron chi connectivity index (χ3n) is 5.24. The maximum atomic E-state index is 13.5. The molecule has 2 amide bonds. The molecule has 2 aliphatic rings. The molecule has 1 saturated heterocycles. The van der Waals surface area contributed by atoms with E-state index in [0.29, 0.717) is 31.5 Å². The van der Waals surface area contributed by atoms with E-state index in [4.69, 9.17) is 0 Å². The topological polar surface area (TPSA) is 62.3 Å². The van der Waals surface area contributed by atoms with Crippen LogP contribution in [0.4, 0.5) is 8.78 Å². The lowest BCUT2D eigenvalue weighted by Crippen LogP contribution is -2.40. The molecule has 0 radical (unpaired) electrons. The van der Waals surface area contributed by atoms with E-state index in [2.05, 4.69) is 10.3 Å². The van der Waals surface area contributed by atoms with Crippen molar-refractivity contribution < 1.29 is 18.4 Å². The van der Waals surface area contributed by atoms with Crippen LogP contribution in [0.25, 0.3) is 0 Å². The molecule has 1 aromatic carbocycles. The molecule has 1 aliphatic heterocycles. The summed E-state index contributed by atoms with van der Waals surface area (Å²) in [6, 6.07) is 6.99.